The van der Waals surface area contributed by atoms with Gasteiger partial charge in [-0.2, -0.15) is 0 Å². The molecule has 4 rings (SSSR count). The van der Waals surface area contributed by atoms with Crippen molar-refractivity contribution < 1.29 is 9.21 Å². The number of rotatable bonds is 8. The van der Waals surface area contributed by atoms with E-state index in [1.54, 1.807) is 0 Å². The van der Waals surface area contributed by atoms with Crippen LogP contribution in [0.4, 0.5) is 0 Å². The summed E-state index contributed by atoms with van der Waals surface area (Å²) in [4.78, 5) is 12.7. The van der Waals surface area contributed by atoms with Crippen LogP contribution in [0.2, 0.25) is 5.02 Å². The number of hydrogen-bond acceptors (Lipinski definition) is 5. The Bertz CT molecular complexity index is 1120. The average molecular weight is 450 g/mol. The highest BCUT2D eigenvalue weighted by Gasteiger charge is 2.18. The van der Waals surface area contributed by atoms with E-state index in [0.29, 0.717) is 22.6 Å². The number of halogens is 1. The van der Waals surface area contributed by atoms with Crippen LogP contribution in [0.1, 0.15) is 28.6 Å². The molecule has 0 radical (unpaired) electrons. The molecule has 1 aromatic heterocycles. The van der Waals surface area contributed by atoms with E-state index in [2.05, 4.69) is 15.5 Å². The Morgan fingerprint density at radius 3 is 2.26 bits per heavy atom. The van der Waals surface area contributed by atoms with E-state index in [1.165, 1.54) is 11.8 Å². The van der Waals surface area contributed by atoms with Crippen LogP contribution in [0.3, 0.4) is 0 Å². The van der Waals surface area contributed by atoms with Crippen LogP contribution in [-0.2, 0) is 11.2 Å². The Balaban J connectivity index is 1.39. The van der Waals surface area contributed by atoms with Gasteiger partial charge in [0.15, 0.2) is 0 Å². The zero-order valence-corrected chi connectivity index (χ0v) is 18.1. The van der Waals surface area contributed by atoms with Gasteiger partial charge in [0, 0.05) is 5.02 Å². The van der Waals surface area contributed by atoms with Crippen LogP contribution < -0.4 is 5.32 Å². The maximum absolute atomic E-state index is 12.7. The molecule has 1 atom stereocenters. The molecule has 0 aliphatic carbocycles. The Hall–Kier alpha value is -3.09. The van der Waals surface area contributed by atoms with Crippen LogP contribution >= 0.6 is 23.4 Å². The molecular weight excluding hydrogens is 430 g/mol. The van der Waals surface area contributed by atoms with E-state index in [0.717, 1.165) is 16.7 Å². The van der Waals surface area contributed by atoms with E-state index in [9.17, 15) is 4.79 Å². The van der Waals surface area contributed by atoms with E-state index in [-0.39, 0.29) is 17.7 Å². The van der Waals surface area contributed by atoms with Crippen molar-refractivity contribution in [3.05, 3.63) is 113 Å². The van der Waals surface area contributed by atoms with Gasteiger partial charge in [-0.25, -0.2) is 0 Å². The number of benzene rings is 3. The topological polar surface area (TPSA) is 68.0 Å². The zero-order valence-electron chi connectivity index (χ0n) is 16.6. The molecule has 0 aliphatic rings. The van der Waals surface area contributed by atoms with Crippen LogP contribution in [0, 0.1) is 0 Å². The molecular formula is C24H20ClN3O2S. The van der Waals surface area contributed by atoms with E-state index < -0.39 is 0 Å². The lowest BCUT2D eigenvalue weighted by atomic mass is 9.99. The van der Waals surface area contributed by atoms with Crippen LogP contribution in [0.15, 0.2) is 94.6 Å². The van der Waals surface area contributed by atoms with Gasteiger partial charge in [0.25, 0.3) is 5.22 Å². The van der Waals surface area contributed by atoms with Crippen molar-refractivity contribution >= 4 is 29.3 Å². The molecule has 1 amide bonds. The highest BCUT2D eigenvalue weighted by molar-refractivity contribution is 7.99. The second kappa shape index (κ2) is 10.3. The second-order valence-corrected chi connectivity index (χ2v) is 8.24. The quantitative estimate of drug-likeness (QED) is 0.369. The zero-order chi connectivity index (χ0) is 21.5. The fourth-order valence-corrected chi connectivity index (χ4v) is 3.85. The van der Waals surface area contributed by atoms with Crippen molar-refractivity contribution in [1.82, 2.24) is 15.5 Å². The Morgan fingerprint density at radius 1 is 0.903 bits per heavy atom. The third-order valence-corrected chi connectivity index (χ3v) is 5.69. The first-order valence-electron chi connectivity index (χ1n) is 9.76. The number of hydrogen-bond donors (Lipinski definition) is 1. The van der Waals surface area contributed by atoms with Gasteiger partial charge in [0.05, 0.1) is 18.2 Å². The standard InChI is InChI=1S/C24H20ClN3O2S/c25-20-13-11-19(12-14-20)23(18-9-5-2-6-10-18)26-21(29)16-31-24-28-27-22(30-24)15-17-7-3-1-4-8-17/h1-14,23H,15-16H2,(H,26,29). The average Bonchev–Trinajstić information content (AvgIpc) is 3.25. The molecule has 5 nitrogen and oxygen atoms in total. The summed E-state index contributed by atoms with van der Waals surface area (Å²) in [7, 11) is 0. The molecule has 0 fully saturated rings. The molecule has 0 bridgehead atoms. The molecule has 0 saturated carbocycles. The first kappa shape index (κ1) is 21.2. The third kappa shape index (κ3) is 5.96. The van der Waals surface area contributed by atoms with Gasteiger partial charge >= 0.3 is 0 Å². The van der Waals surface area contributed by atoms with Crippen molar-refractivity contribution in [2.24, 2.45) is 0 Å². The first-order valence-corrected chi connectivity index (χ1v) is 11.1. The summed E-state index contributed by atoms with van der Waals surface area (Å²) < 4.78 is 5.67. The number of amides is 1. The number of nitrogens with zero attached hydrogens (tertiary/aromatic N) is 2. The van der Waals surface area contributed by atoms with Crippen molar-refractivity contribution in [1.29, 1.82) is 0 Å². The summed E-state index contributed by atoms with van der Waals surface area (Å²) in [6, 6.07) is 26.9. The highest BCUT2D eigenvalue weighted by Crippen LogP contribution is 2.24. The van der Waals surface area contributed by atoms with Crippen molar-refractivity contribution in [2.45, 2.75) is 17.7 Å². The minimum Gasteiger partial charge on any atom is -0.416 e. The van der Waals surface area contributed by atoms with Crippen LogP contribution in [0.5, 0.6) is 0 Å². The van der Waals surface area contributed by atoms with E-state index in [4.69, 9.17) is 16.0 Å². The second-order valence-electron chi connectivity index (χ2n) is 6.88. The number of carbonyl (C=O) groups is 1. The SMILES string of the molecule is O=C(CSc1nnc(Cc2ccccc2)o1)NC(c1ccccc1)c1ccc(Cl)cc1. The molecule has 4 aromatic rings. The maximum atomic E-state index is 12.7. The van der Waals surface area contributed by atoms with Gasteiger partial charge in [-0.15, -0.1) is 10.2 Å². The number of aromatic nitrogens is 2. The maximum Gasteiger partial charge on any atom is 0.277 e. The molecule has 31 heavy (non-hydrogen) atoms. The first-order chi connectivity index (χ1) is 15.2. The smallest absolute Gasteiger partial charge is 0.277 e. The minimum atomic E-state index is -0.275. The van der Waals surface area contributed by atoms with Gasteiger partial charge in [-0.05, 0) is 28.8 Å². The van der Waals surface area contributed by atoms with Gasteiger partial charge in [0.1, 0.15) is 0 Å². The molecule has 156 valence electrons. The molecule has 1 N–H and O–H groups in total. The monoisotopic (exact) mass is 449 g/mol. The predicted octanol–water partition coefficient (Wildman–Crippen LogP) is 5.31. The van der Waals surface area contributed by atoms with E-state index >= 15 is 0 Å². The fourth-order valence-electron chi connectivity index (χ4n) is 3.13. The number of carbonyl (C=O) groups excluding carboxylic acids is 1. The summed E-state index contributed by atoms with van der Waals surface area (Å²) in [5, 5.41) is 12.2. The van der Waals surface area contributed by atoms with Crippen molar-refractivity contribution in [3.63, 3.8) is 0 Å². The van der Waals surface area contributed by atoms with E-state index in [1.807, 2.05) is 84.9 Å². The third-order valence-electron chi connectivity index (χ3n) is 4.61. The molecule has 1 heterocycles. The summed E-state index contributed by atoms with van der Waals surface area (Å²) in [6.07, 6.45) is 0.563. The molecule has 3 aromatic carbocycles. The molecule has 0 saturated heterocycles. The van der Waals surface area contributed by atoms with Crippen LogP contribution in [0.25, 0.3) is 0 Å². The number of nitrogens with one attached hydrogen (secondary N) is 1. The van der Waals surface area contributed by atoms with Gasteiger partial charge in [-0.1, -0.05) is 96.2 Å². The van der Waals surface area contributed by atoms with Crippen molar-refractivity contribution in [2.75, 3.05) is 5.75 Å². The van der Waals surface area contributed by atoms with Gasteiger partial charge < -0.3 is 9.73 Å². The minimum absolute atomic E-state index is 0.128. The highest BCUT2D eigenvalue weighted by atomic mass is 35.5. The Kier molecular flexibility index (Phi) is 7.02. The number of thioether (sulfide) groups is 1. The molecule has 1 unspecified atom stereocenters. The Morgan fingerprint density at radius 2 is 1.55 bits per heavy atom. The summed E-state index contributed by atoms with van der Waals surface area (Å²) in [5.74, 6) is 0.568. The predicted molar refractivity (Wildman–Crippen MR) is 122 cm³/mol. The summed E-state index contributed by atoms with van der Waals surface area (Å²) in [6.45, 7) is 0. The lowest BCUT2D eigenvalue weighted by Gasteiger charge is -2.19. The largest absolute Gasteiger partial charge is 0.416 e. The normalized spacial score (nSPS) is 11.8. The molecule has 0 aliphatic heterocycles. The summed E-state index contributed by atoms with van der Waals surface area (Å²) in [5.41, 5.74) is 3.04. The Labute approximate surface area is 189 Å². The fraction of sp³-hybridized carbons (Fsp3) is 0.125. The van der Waals surface area contributed by atoms with Gasteiger partial charge in [0.2, 0.25) is 11.8 Å². The molecule has 7 heteroatoms. The van der Waals surface area contributed by atoms with Crippen molar-refractivity contribution in [3.8, 4) is 0 Å². The van der Waals surface area contributed by atoms with Crippen LogP contribution in [-0.4, -0.2) is 21.9 Å². The summed E-state index contributed by atoms with van der Waals surface area (Å²) >= 11 is 7.25. The lowest BCUT2D eigenvalue weighted by Crippen LogP contribution is -2.30. The molecule has 0 spiro atoms. The van der Waals surface area contributed by atoms with Gasteiger partial charge in [-0.3, -0.25) is 4.79 Å². The lowest BCUT2D eigenvalue weighted by molar-refractivity contribution is -0.119.